The summed E-state index contributed by atoms with van der Waals surface area (Å²) in [5.41, 5.74) is 1.72. The van der Waals surface area contributed by atoms with Crippen molar-refractivity contribution in [2.45, 2.75) is 25.9 Å². The first-order valence-corrected chi connectivity index (χ1v) is 6.76. The first-order chi connectivity index (χ1) is 9.84. The van der Waals surface area contributed by atoms with Gasteiger partial charge in [-0.15, -0.1) is 6.42 Å². The summed E-state index contributed by atoms with van der Waals surface area (Å²) >= 11 is 0. The van der Waals surface area contributed by atoms with E-state index in [0.29, 0.717) is 11.1 Å². The Hall–Kier alpha value is -1.96. The van der Waals surface area contributed by atoms with Crippen LogP contribution < -0.4 is 0 Å². The van der Waals surface area contributed by atoms with Crippen LogP contribution in [0.1, 0.15) is 34.3 Å². The molecule has 1 heterocycles. The number of terminal acetylenes is 1. The number of amides is 1. The van der Waals surface area contributed by atoms with Crippen molar-refractivity contribution in [3.05, 3.63) is 34.9 Å². The molecule has 1 amide bonds. The maximum Gasteiger partial charge on any atom is 0.391 e. The van der Waals surface area contributed by atoms with Gasteiger partial charge in [-0.2, -0.15) is 13.2 Å². The predicted molar refractivity (Wildman–Crippen MR) is 73.8 cm³/mol. The van der Waals surface area contributed by atoms with Crippen LogP contribution in [0.5, 0.6) is 0 Å². The number of hydrogen-bond acceptors (Lipinski definition) is 1. The number of carbonyl (C=O) groups is 1. The van der Waals surface area contributed by atoms with E-state index in [-0.39, 0.29) is 31.8 Å². The Kier molecular flexibility index (Phi) is 4.26. The monoisotopic (exact) mass is 295 g/mol. The number of carbonyl (C=O) groups excluding carboxylic acids is 1. The van der Waals surface area contributed by atoms with E-state index in [1.165, 1.54) is 4.90 Å². The van der Waals surface area contributed by atoms with Crippen molar-refractivity contribution in [3.63, 3.8) is 0 Å². The highest BCUT2D eigenvalue weighted by molar-refractivity contribution is 5.97. The molecule has 1 aliphatic rings. The SMILES string of the molecule is C#Cc1c(C)cccc1C(=O)N1CCC(C(F)(F)F)CC1. The fourth-order valence-electron chi connectivity index (χ4n) is 2.62. The van der Waals surface area contributed by atoms with Gasteiger partial charge in [0, 0.05) is 18.7 Å². The lowest BCUT2D eigenvalue weighted by Gasteiger charge is -2.33. The topological polar surface area (TPSA) is 20.3 Å². The third kappa shape index (κ3) is 3.21. The molecule has 0 bridgehead atoms. The van der Waals surface area contributed by atoms with Crippen molar-refractivity contribution in [2.24, 2.45) is 5.92 Å². The van der Waals surface area contributed by atoms with Gasteiger partial charge in [-0.25, -0.2) is 0 Å². The summed E-state index contributed by atoms with van der Waals surface area (Å²) in [6.45, 7) is 2.03. The maximum atomic E-state index is 12.6. The molecule has 112 valence electrons. The molecule has 0 spiro atoms. The van der Waals surface area contributed by atoms with Crippen LogP contribution in [0.3, 0.4) is 0 Å². The lowest BCUT2D eigenvalue weighted by atomic mass is 9.95. The third-order valence-corrected chi connectivity index (χ3v) is 3.89. The fourth-order valence-corrected chi connectivity index (χ4v) is 2.62. The van der Waals surface area contributed by atoms with Crippen molar-refractivity contribution in [1.29, 1.82) is 0 Å². The smallest absolute Gasteiger partial charge is 0.339 e. The van der Waals surface area contributed by atoms with E-state index in [4.69, 9.17) is 6.42 Å². The highest BCUT2D eigenvalue weighted by Crippen LogP contribution is 2.34. The van der Waals surface area contributed by atoms with Crippen molar-refractivity contribution < 1.29 is 18.0 Å². The second-order valence-electron chi connectivity index (χ2n) is 5.25. The maximum absolute atomic E-state index is 12.6. The van der Waals surface area contributed by atoms with Crippen LogP contribution in [0, 0.1) is 25.2 Å². The summed E-state index contributed by atoms with van der Waals surface area (Å²) < 4.78 is 37.9. The van der Waals surface area contributed by atoms with E-state index in [2.05, 4.69) is 5.92 Å². The van der Waals surface area contributed by atoms with E-state index in [0.717, 1.165) is 5.56 Å². The first-order valence-electron chi connectivity index (χ1n) is 6.76. The normalized spacial score (nSPS) is 16.6. The minimum Gasteiger partial charge on any atom is -0.339 e. The van der Waals surface area contributed by atoms with Crippen molar-refractivity contribution in [2.75, 3.05) is 13.1 Å². The number of rotatable bonds is 1. The molecule has 0 aliphatic carbocycles. The Bertz CT molecular complexity index is 578. The standard InChI is InChI=1S/C16H16F3NO/c1-3-13-11(2)5-4-6-14(13)15(21)20-9-7-12(8-10-20)16(17,18)19/h1,4-6,12H,7-10H2,2H3. The zero-order chi connectivity index (χ0) is 15.6. The summed E-state index contributed by atoms with van der Waals surface area (Å²) in [6, 6.07) is 5.16. The molecule has 0 radical (unpaired) electrons. The number of hydrogen-bond donors (Lipinski definition) is 0. The number of benzene rings is 1. The molecule has 0 aromatic heterocycles. The zero-order valence-corrected chi connectivity index (χ0v) is 11.7. The lowest BCUT2D eigenvalue weighted by Crippen LogP contribution is -2.42. The molecule has 1 aliphatic heterocycles. The van der Waals surface area contributed by atoms with Crippen LogP contribution in [-0.2, 0) is 0 Å². The van der Waals surface area contributed by atoms with Gasteiger partial charge in [-0.3, -0.25) is 4.79 Å². The highest BCUT2D eigenvalue weighted by atomic mass is 19.4. The average molecular weight is 295 g/mol. The number of alkyl halides is 3. The predicted octanol–water partition coefficient (Wildman–Crippen LogP) is 3.39. The van der Waals surface area contributed by atoms with Gasteiger partial charge in [0.1, 0.15) is 0 Å². The average Bonchev–Trinajstić information content (AvgIpc) is 2.45. The summed E-state index contributed by atoms with van der Waals surface area (Å²) in [5.74, 6) is 0.891. The molecule has 1 fully saturated rings. The molecule has 5 heteroatoms. The van der Waals surface area contributed by atoms with Crippen molar-refractivity contribution in [3.8, 4) is 12.3 Å². The van der Waals surface area contributed by atoms with Gasteiger partial charge in [0.25, 0.3) is 5.91 Å². The number of aryl methyl sites for hydroxylation is 1. The Morgan fingerprint density at radius 1 is 1.33 bits per heavy atom. The molecule has 0 saturated carbocycles. The molecule has 21 heavy (non-hydrogen) atoms. The Balaban J connectivity index is 2.14. The van der Waals surface area contributed by atoms with Gasteiger partial charge in [0.05, 0.1) is 11.5 Å². The molecule has 2 rings (SSSR count). The van der Waals surface area contributed by atoms with E-state index >= 15 is 0 Å². The van der Waals surface area contributed by atoms with Gasteiger partial charge in [-0.1, -0.05) is 18.1 Å². The van der Waals surface area contributed by atoms with E-state index in [1.54, 1.807) is 12.1 Å². The molecular formula is C16H16F3NO. The molecule has 0 N–H and O–H groups in total. The second-order valence-corrected chi connectivity index (χ2v) is 5.25. The highest BCUT2D eigenvalue weighted by Gasteiger charge is 2.41. The fraction of sp³-hybridized carbons (Fsp3) is 0.438. The zero-order valence-electron chi connectivity index (χ0n) is 11.7. The molecule has 1 aromatic rings. The molecule has 1 aromatic carbocycles. The van der Waals surface area contributed by atoms with Gasteiger partial charge in [0.2, 0.25) is 0 Å². The first kappa shape index (κ1) is 15.4. The van der Waals surface area contributed by atoms with Gasteiger partial charge >= 0.3 is 6.18 Å². The molecular weight excluding hydrogens is 279 g/mol. The van der Waals surface area contributed by atoms with E-state index < -0.39 is 12.1 Å². The van der Waals surface area contributed by atoms with Crippen LogP contribution in [0.2, 0.25) is 0 Å². The van der Waals surface area contributed by atoms with Crippen LogP contribution >= 0.6 is 0 Å². The van der Waals surface area contributed by atoms with Crippen LogP contribution in [-0.4, -0.2) is 30.1 Å². The minimum absolute atomic E-state index is 0.0492. The largest absolute Gasteiger partial charge is 0.391 e. The molecule has 1 saturated heterocycles. The number of nitrogens with zero attached hydrogens (tertiary/aromatic N) is 1. The summed E-state index contributed by atoms with van der Waals surface area (Å²) in [6.07, 6.45) is 1.15. The van der Waals surface area contributed by atoms with Crippen molar-refractivity contribution >= 4 is 5.91 Å². The Morgan fingerprint density at radius 3 is 2.48 bits per heavy atom. The van der Waals surface area contributed by atoms with E-state index in [1.807, 2.05) is 13.0 Å². The molecule has 2 nitrogen and oxygen atoms in total. The molecule has 0 atom stereocenters. The number of piperidine rings is 1. The number of likely N-dealkylation sites (tertiary alicyclic amines) is 1. The minimum atomic E-state index is -4.18. The lowest BCUT2D eigenvalue weighted by molar-refractivity contribution is -0.183. The van der Waals surface area contributed by atoms with Crippen LogP contribution in [0.15, 0.2) is 18.2 Å². The quantitative estimate of drug-likeness (QED) is 0.727. The van der Waals surface area contributed by atoms with Gasteiger partial charge < -0.3 is 4.90 Å². The summed E-state index contributed by atoms with van der Waals surface area (Å²) in [7, 11) is 0. The third-order valence-electron chi connectivity index (χ3n) is 3.89. The molecule has 0 unspecified atom stereocenters. The van der Waals surface area contributed by atoms with Gasteiger partial charge in [0.15, 0.2) is 0 Å². The Morgan fingerprint density at radius 2 is 1.95 bits per heavy atom. The summed E-state index contributed by atoms with van der Waals surface area (Å²) in [5, 5.41) is 0. The van der Waals surface area contributed by atoms with E-state index in [9.17, 15) is 18.0 Å². The second kappa shape index (κ2) is 5.80. The Labute approximate surface area is 121 Å². The number of halogens is 3. The van der Waals surface area contributed by atoms with Crippen LogP contribution in [0.25, 0.3) is 0 Å². The summed E-state index contributed by atoms with van der Waals surface area (Å²) in [4.78, 5) is 13.9. The van der Waals surface area contributed by atoms with Crippen LogP contribution in [0.4, 0.5) is 13.2 Å². The van der Waals surface area contributed by atoms with Gasteiger partial charge in [-0.05, 0) is 31.4 Å². The van der Waals surface area contributed by atoms with Crippen molar-refractivity contribution in [1.82, 2.24) is 4.90 Å².